The number of hydrogen-bond acceptors (Lipinski definition) is 3. The zero-order chi connectivity index (χ0) is 18.5. The monoisotopic (exact) mass is 371 g/mol. The summed E-state index contributed by atoms with van der Waals surface area (Å²) in [5.74, 6) is -0.0295. The van der Waals surface area contributed by atoms with Crippen molar-refractivity contribution in [3.05, 3.63) is 70.2 Å². The molecule has 1 heterocycles. The van der Waals surface area contributed by atoms with Gasteiger partial charge in [0, 0.05) is 43.3 Å². The van der Waals surface area contributed by atoms with E-state index in [4.69, 9.17) is 11.6 Å². The van der Waals surface area contributed by atoms with Crippen molar-refractivity contribution in [3.63, 3.8) is 0 Å². The lowest BCUT2D eigenvalue weighted by Crippen LogP contribution is -2.48. The van der Waals surface area contributed by atoms with E-state index in [1.54, 1.807) is 0 Å². The molecule has 0 unspecified atom stereocenters. The predicted molar refractivity (Wildman–Crippen MR) is 107 cm³/mol. The van der Waals surface area contributed by atoms with Crippen LogP contribution < -0.4 is 5.32 Å². The summed E-state index contributed by atoms with van der Waals surface area (Å²) in [7, 11) is 2.15. The van der Waals surface area contributed by atoms with Crippen molar-refractivity contribution in [1.29, 1.82) is 0 Å². The van der Waals surface area contributed by atoms with Gasteiger partial charge in [0.2, 0.25) is 0 Å². The zero-order valence-electron chi connectivity index (χ0n) is 15.4. The number of carbonyl (C=O) groups excluding carboxylic acids is 1. The van der Waals surface area contributed by atoms with Crippen LogP contribution >= 0.6 is 11.6 Å². The highest BCUT2D eigenvalue weighted by Crippen LogP contribution is 2.23. The van der Waals surface area contributed by atoms with Gasteiger partial charge in [-0.25, -0.2) is 0 Å². The molecule has 0 aromatic heterocycles. The summed E-state index contributed by atoms with van der Waals surface area (Å²) >= 11 is 6.05. The highest BCUT2D eigenvalue weighted by Gasteiger charge is 2.24. The van der Waals surface area contributed by atoms with Crippen LogP contribution in [-0.2, 0) is 0 Å². The minimum absolute atomic E-state index is 0.0295. The smallest absolute Gasteiger partial charge is 0.251 e. The lowest BCUT2D eigenvalue weighted by Gasteiger charge is -2.38. The van der Waals surface area contributed by atoms with Gasteiger partial charge < -0.3 is 10.2 Å². The first-order valence-corrected chi connectivity index (χ1v) is 9.43. The predicted octanol–water partition coefficient (Wildman–Crippen LogP) is 3.37. The summed E-state index contributed by atoms with van der Waals surface area (Å²) in [4.78, 5) is 17.3. The maximum atomic E-state index is 12.5. The van der Waals surface area contributed by atoms with Crippen molar-refractivity contribution in [1.82, 2.24) is 15.1 Å². The zero-order valence-corrected chi connectivity index (χ0v) is 16.2. The molecule has 2 aromatic rings. The number of aryl methyl sites for hydroxylation is 1. The molecule has 138 valence electrons. The molecule has 2 aromatic carbocycles. The van der Waals surface area contributed by atoms with E-state index in [2.05, 4.69) is 34.3 Å². The molecule has 1 aliphatic rings. The number of nitrogens with zero attached hydrogens (tertiary/aromatic N) is 2. The molecular weight excluding hydrogens is 346 g/mol. The normalized spacial score (nSPS) is 17.0. The molecule has 0 bridgehead atoms. The van der Waals surface area contributed by atoms with E-state index >= 15 is 0 Å². The highest BCUT2D eigenvalue weighted by molar-refractivity contribution is 6.30. The Hall–Kier alpha value is -1.88. The van der Waals surface area contributed by atoms with Gasteiger partial charge in [0.1, 0.15) is 0 Å². The van der Waals surface area contributed by atoms with Crippen LogP contribution in [0, 0.1) is 6.92 Å². The molecule has 0 saturated carbocycles. The third kappa shape index (κ3) is 4.85. The average Bonchev–Trinajstić information content (AvgIpc) is 2.65. The Balaban J connectivity index is 1.71. The minimum Gasteiger partial charge on any atom is -0.350 e. The second kappa shape index (κ2) is 8.67. The van der Waals surface area contributed by atoms with Crippen LogP contribution in [0.3, 0.4) is 0 Å². The lowest BCUT2D eigenvalue weighted by atomic mass is 10.0. The first-order valence-electron chi connectivity index (χ1n) is 9.06. The number of likely N-dealkylation sites (N-methyl/N-ethyl adjacent to an activating group) is 1. The van der Waals surface area contributed by atoms with Crippen molar-refractivity contribution < 1.29 is 4.79 Å². The van der Waals surface area contributed by atoms with Crippen LogP contribution in [0.4, 0.5) is 0 Å². The fourth-order valence-corrected chi connectivity index (χ4v) is 3.40. The fraction of sp³-hybridized carbons (Fsp3) is 0.381. The standard InChI is InChI=1S/C21H26ClN3O/c1-16-3-5-18(6-4-16)21(26)23-15-20(17-7-9-19(22)10-8-17)25-13-11-24(2)12-14-25/h3-10,20H,11-15H2,1-2H3,(H,23,26)/t20-/m1/s1. The van der Waals surface area contributed by atoms with Crippen LogP contribution in [0.5, 0.6) is 0 Å². The maximum Gasteiger partial charge on any atom is 0.251 e. The summed E-state index contributed by atoms with van der Waals surface area (Å²) in [5.41, 5.74) is 3.03. The SMILES string of the molecule is Cc1ccc(C(=O)NC[C@H](c2ccc(Cl)cc2)N2CCN(C)CC2)cc1. The van der Waals surface area contributed by atoms with Gasteiger partial charge in [-0.05, 0) is 43.8 Å². The Morgan fingerprint density at radius 3 is 2.27 bits per heavy atom. The summed E-state index contributed by atoms with van der Waals surface area (Å²) in [5, 5.41) is 3.84. The molecule has 1 N–H and O–H groups in total. The van der Waals surface area contributed by atoms with Gasteiger partial charge >= 0.3 is 0 Å². The van der Waals surface area contributed by atoms with E-state index in [-0.39, 0.29) is 11.9 Å². The Kier molecular flexibility index (Phi) is 6.30. The molecule has 1 amide bonds. The van der Waals surface area contributed by atoms with Crippen LogP contribution in [-0.4, -0.2) is 55.5 Å². The van der Waals surface area contributed by atoms with Crippen molar-refractivity contribution in [2.75, 3.05) is 39.8 Å². The van der Waals surface area contributed by atoms with E-state index in [1.807, 2.05) is 43.3 Å². The summed E-state index contributed by atoms with van der Waals surface area (Å²) < 4.78 is 0. The Bertz CT molecular complexity index is 722. The largest absolute Gasteiger partial charge is 0.350 e. The molecule has 1 saturated heterocycles. The molecule has 5 heteroatoms. The Labute approximate surface area is 160 Å². The number of halogens is 1. The summed E-state index contributed by atoms with van der Waals surface area (Å²) in [6.45, 7) is 6.66. The Morgan fingerprint density at radius 1 is 1.04 bits per heavy atom. The van der Waals surface area contributed by atoms with E-state index < -0.39 is 0 Å². The number of hydrogen-bond donors (Lipinski definition) is 1. The van der Waals surface area contributed by atoms with Gasteiger partial charge in [-0.3, -0.25) is 9.69 Å². The van der Waals surface area contributed by atoms with Gasteiger partial charge in [0.25, 0.3) is 5.91 Å². The first-order chi connectivity index (χ1) is 12.5. The molecule has 1 fully saturated rings. The molecule has 0 aliphatic carbocycles. The summed E-state index contributed by atoms with van der Waals surface area (Å²) in [6.07, 6.45) is 0. The third-order valence-electron chi connectivity index (χ3n) is 5.00. The molecule has 1 aliphatic heterocycles. The minimum atomic E-state index is -0.0295. The number of nitrogens with one attached hydrogen (secondary N) is 1. The fourth-order valence-electron chi connectivity index (χ4n) is 3.27. The molecule has 0 spiro atoms. The Morgan fingerprint density at radius 2 is 1.65 bits per heavy atom. The second-order valence-corrected chi connectivity index (χ2v) is 7.42. The van der Waals surface area contributed by atoms with E-state index in [9.17, 15) is 4.79 Å². The van der Waals surface area contributed by atoms with E-state index in [0.717, 1.165) is 36.8 Å². The van der Waals surface area contributed by atoms with Crippen LogP contribution in [0.25, 0.3) is 0 Å². The third-order valence-corrected chi connectivity index (χ3v) is 5.26. The molecule has 3 rings (SSSR count). The molecular formula is C21H26ClN3O. The van der Waals surface area contributed by atoms with E-state index in [0.29, 0.717) is 12.1 Å². The molecule has 1 atom stereocenters. The number of amides is 1. The molecule has 4 nitrogen and oxygen atoms in total. The first kappa shape index (κ1) is 18.9. The van der Waals surface area contributed by atoms with Gasteiger partial charge in [-0.15, -0.1) is 0 Å². The number of carbonyl (C=O) groups is 1. The van der Waals surface area contributed by atoms with E-state index in [1.165, 1.54) is 5.56 Å². The second-order valence-electron chi connectivity index (χ2n) is 6.98. The van der Waals surface area contributed by atoms with Gasteiger partial charge in [-0.1, -0.05) is 41.4 Å². The number of rotatable bonds is 5. The van der Waals surface area contributed by atoms with Crippen molar-refractivity contribution in [2.45, 2.75) is 13.0 Å². The van der Waals surface area contributed by atoms with Gasteiger partial charge in [0.05, 0.1) is 6.04 Å². The molecule has 0 radical (unpaired) electrons. The average molecular weight is 372 g/mol. The number of piperazine rings is 1. The quantitative estimate of drug-likeness (QED) is 0.875. The van der Waals surface area contributed by atoms with Gasteiger partial charge in [-0.2, -0.15) is 0 Å². The van der Waals surface area contributed by atoms with Crippen LogP contribution in [0.2, 0.25) is 5.02 Å². The maximum absolute atomic E-state index is 12.5. The molecule has 26 heavy (non-hydrogen) atoms. The van der Waals surface area contributed by atoms with Crippen LogP contribution in [0.15, 0.2) is 48.5 Å². The van der Waals surface area contributed by atoms with Crippen molar-refractivity contribution >= 4 is 17.5 Å². The topological polar surface area (TPSA) is 35.6 Å². The van der Waals surface area contributed by atoms with Crippen LogP contribution in [0.1, 0.15) is 27.5 Å². The van der Waals surface area contributed by atoms with Crippen molar-refractivity contribution in [2.24, 2.45) is 0 Å². The lowest BCUT2D eigenvalue weighted by molar-refractivity contribution is 0.0886. The highest BCUT2D eigenvalue weighted by atomic mass is 35.5. The van der Waals surface area contributed by atoms with Gasteiger partial charge in [0.15, 0.2) is 0 Å². The summed E-state index contributed by atoms with van der Waals surface area (Å²) in [6, 6.07) is 15.8. The van der Waals surface area contributed by atoms with Crippen molar-refractivity contribution in [3.8, 4) is 0 Å². The number of benzene rings is 2.